The van der Waals surface area contributed by atoms with Crippen LogP contribution in [-0.2, 0) is 22.6 Å². The first-order valence-corrected chi connectivity index (χ1v) is 12.0. The Bertz CT molecular complexity index is 998. The number of carbonyl (C=O) groups is 2. The molecule has 0 spiro atoms. The fraction of sp³-hybridized carbons (Fsp3) is 0.440. The van der Waals surface area contributed by atoms with Crippen molar-refractivity contribution in [1.82, 2.24) is 10.2 Å². The molecule has 0 saturated carbocycles. The lowest BCUT2D eigenvalue weighted by Crippen LogP contribution is -2.49. The number of carbonyl (C=O) groups excluding carboxylic acids is 2. The predicted molar refractivity (Wildman–Crippen MR) is 130 cm³/mol. The zero-order chi connectivity index (χ0) is 24.0. The van der Waals surface area contributed by atoms with Gasteiger partial charge in [-0.2, -0.15) is 0 Å². The van der Waals surface area contributed by atoms with Gasteiger partial charge in [-0.15, -0.1) is 0 Å². The summed E-state index contributed by atoms with van der Waals surface area (Å²) in [5.41, 5.74) is 1.70. The van der Waals surface area contributed by atoms with Gasteiger partial charge in [0.15, 0.2) is 11.5 Å². The zero-order valence-electron chi connectivity index (χ0n) is 19.2. The highest BCUT2D eigenvalue weighted by Crippen LogP contribution is 2.31. The number of fused-ring (bicyclic) bond motifs is 1. The van der Waals surface area contributed by atoms with Gasteiger partial charge in [-0.25, -0.2) is 0 Å². The maximum Gasteiger partial charge on any atom is 0.242 e. The minimum absolute atomic E-state index is 0.0220. The standard InChI is InChI=1S/C25H30Cl2N2O4/c1-4-16(2)28-25(31)17(3)29(15-19-7-8-20(26)14-21(19)27)24(30)10-6-18-5-9-22-23(13-18)33-12-11-32-22/h5,7-9,13-14,16-17H,4,6,10-12,15H2,1-3H3,(H,28,31)/t16-,17+/m0/s1. The van der Waals surface area contributed by atoms with Gasteiger partial charge in [0.1, 0.15) is 19.3 Å². The van der Waals surface area contributed by atoms with Crippen LogP contribution in [0.2, 0.25) is 10.0 Å². The average Bonchev–Trinajstić information content (AvgIpc) is 2.81. The van der Waals surface area contributed by atoms with Crippen LogP contribution in [0.4, 0.5) is 0 Å². The minimum Gasteiger partial charge on any atom is -0.486 e. The van der Waals surface area contributed by atoms with Crippen molar-refractivity contribution in [2.24, 2.45) is 0 Å². The molecule has 0 bridgehead atoms. The van der Waals surface area contributed by atoms with Gasteiger partial charge < -0.3 is 19.7 Å². The molecule has 2 aromatic carbocycles. The van der Waals surface area contributed by atoms with Crippen molar-refractivity contribution in [2.45, 2.75) is 58.7 Å². The molecule has 3 rings (SSSR count). The number of amides is 2. The van der Waals surface area contributed by atoms with E-state index in [1.54, 1.807) is 30.0 Å². The third-order valence-electron chi connectivity index (χ3n) is 5.76. The lowest BCUT2D eigenvalue weighted by atomic mass is 10.1. The van der Waals surface area contributed by atoms with Crippen LogP contribution >= 0.6 is 23.2 Å². The van der Waals surface area contributed by atoms with E-state index in [4.69, 9.17) is 32.7 Å². The molecular formula is C25H30Cl2N2O4. The van der Waals surface area contributed by atoms with Crippen LogP contribution in [0.15, 0.2) is 36.4 Å². The summed E-state index contributed by atoms with van der Waals surface area (Å²) >= 11 is 12.4. The van der Waals surface area contributed by atoms with Crippen LogP contribution in [0.1, 0.15) is 44.7 Å². The largest absolute Gasteiger partial charge is 0.486 e. The van der Waals surface area contributed by atoms with E-state index in [2.05, 4.69) is 5.32 Å². The molecule has 2 aromatic rings. The summed E-state index contributed by atoms with van der Waals surface area (Å²) < 4.78 is 11.2. The summed E-state index contributed by atoms with van der Waals surface area (Å²) in [5.74, 6) is 1.08. The molecule has 1 aliphatic heterocycles. The maximum atomic E-state index is 13.3. The molecular weight excluding hydrogens is 463 g/mol. The lowest BCUT2D eigenvalue weighted by molar-refractivity contribution is -0.140. The Morgan fingerprint density at radius 2 is 1.79 bits per heavy atom. The van der Waals surface area contributed by atoms with E-state index in [1.165, 1.54) is 0 Å². The van der Waals surface area contributed by atoms with Crippen molar-refractivity contribution in [1.29, 1.82) is 0 Å². The molecule has 1 heterocycles. The van der Waals surface area contributed by atoms with Crippen LogP contribution in [0, 0.1) is 0 Å². The molecule has 2 amide bonds. The van der Waals surface area contributed by atoms with Gasteiger partial charge in [0.05, 0.1) is 0 Å². The molecule has 178 valence electrons. The quantitative estimate of drug-likeness (QED) is 0.532. The number of nitrogens with one attached hydrogen (secondary N) is 1. The number of rotatable bonds is 9. The van der Waals surface area contributed by atoms with Crippen LogP contribution in [0.3, 0.4) is 0 Å². The highest BCUT2D eigenvalue weighted by atomic mass is 35.5. The Kier molecular flexibility index (Phi) is 8.87. The Balaban J connectivity index is 1.75. The Morgan fingerprint density at radius 1 is 1.06 bits per heavy atom. The van der Waals surface area contributed by atoms with Crippen LogP contribution < -0.4 is 14.8 Å². The smallest absolute Gasteiger partial charge is 0.242 e. The maximum absolute atomic E-state index is 13.3. The van der Waals surface area contributed by atoms with Crippen molar-refractivity contribution < 1.29 is 19.1 Å². The van der Waals surface area contributed by atoms with Crippen LogP contribution in [-0.4, -0.2) is 42.0 Å². The van der Waals surface area contributed by atoms with Crippen molar-refractivity contribution >= 4 is 35.0 Å². The predicted octanol–water partition coefficient (Wildman–Crippen LogP) is 5.03. The van der Waals surface area contributed by atoms with E-state index < -0.39 is 6.04 Å². The molecule has 2 atom stereocenters. The number of halogens is 2. The lowest BCUT2D eigenvalue weighted by Gasteiger charge is -2.30. The number of hydrogen-bond acceptors (Lipinski definition) is 4. The molecule has 6 nitrogen and oxygen atoms in total. The summed E-state index contributed by atoms with van der Waals surface area (Å²) in [7, 11) is 0. The van der Waals surface area contributed by atoms with E-state index in [0.717, 1.165) is 17.5 Å². The van der Waals surface area contributed by atoms with Crippen molar-refractivity contribution in [3.8, 4) is 11.5 Å². The van der Waals surface area contributed by atoms with Gasteiger partial charge in [-0.3, -0.25) is 9.59 Å². The first kappa shape index (κ1) is 25.2. The van der Waals surface area contributed by atoms with Crippen molar-refractivity contribution in [2.75, 3.05) is 13.2 Å². The SMILES string of the molecule is CC[C@H](C)NC(=O)[C@@H](C)N(Cc1ccc(Cl)cc1Cl)C(=O)CCc1ccc2c(c1)OCCO2. The summed E-state index contributed by atoms with van der Waals surface area (Å²) in [5, 5.41) is 3.94. The molecule has 0 fully saturated rings. The van der Waals surface area contributed by atoms with Gasteiger partial charge in [0, 0.05) is 29.1 Å². The number of aryl methyl sites for hydroxylation is 1. The average molecular weight is 493 g/mol. The van der Waals surface area contributed by atoms with E-state index in [0.29, 0.717) is 41.2 Å². The molecule has 1 N–H and O–H groups in total. The zero-order valence-corrected chi connectivity index (χ0v) is 20.7. The van der Waals surface area contributed by atoms with Crippen LogP contribution in [0.5, 0.6) is 11.5 Å². The highest BCUT2D eigenvalue weighted by molar-refractivity contribution is 6.35. The van der Waals surface area contributed by atoms with E-state index in [9.17, 15) is 9.59 Å². The van der Waals surface area contributed by atoms with Crippen molar-refractivity contribution in [3.05, 3.63) is 57.6 Å². The fourth-order valence-corrected chi connectivity index (χ4v) is 3.99. The molecule has 0 aliphatic carbocycles. The first-order valence-electron chi connectivity index (χ1n) is 11.2. The first-order chi connectivity index (χ1) is 15.8. The van der Waals surface area contributed by atoms with Crippen LogP contribution in [0.25, 0.3) is 0 Å². The molecule has 0 radical (unpaired) electrons. The second-order valence-electron chi connectivity index (χ2n) is 8.23. The van der Waals surface area contributed by atoms with Crippen molar-refractivity contribution in [3.63, 3.8) is 0 Å². The topological polar surface area (TPSA) is 67.9 Å². The molecule has 0 saturated heterocycles. The molecule has 8 heteroatoms. The monoisotopic (exact) mass is 492 g/mol. The Morgan fingerprint density at radius 3 is 2.48 bits per heavy atom. The van der Waals surface area contributed by atoms with Gasteiger partial charge >= 0.3 is 0 Å². The molecule has 1 aliphatic rings. The minimum atomic E-state index is -0.654. The van der Waals surface area contributed by atoms with Gasteiger partial charge in [0.2, 0.25) is 11.8 Å². The number of hydrogen-bond donors (Lipinski definition) is 1. The summed E-state index contributed by atoms with van der Waals surface area (Å²) in [4.78, 5) is 27.7. The Labute approximate surface area is 205 Å². The van der Waals surface area contributed by atoms with E-state index in [-0.39, 0.29) is 30.8 Å². The molecule has 0 unspecified atom stereocenters. The number of benzene rings is 2. The van der Waals surface area contributed by atoms with Gasteiger partial charge in [-0.05, 0) is 62.1 Å². The third kappa shape index (κ3) is 6.78. The highest BCUT2D eigenvalue weighted by Gasteiger charge is 2.27. The summed E-state index contributed by atoms with van der Waals surface area (Å²) in [6.07, 6.45) is 1.56. The molecule has 0 aromatic heterocycles. The third-order valence-corrected chi connectivity index (χ3v) is 6.35. The molecule has 33 heavy (non-hydrogen) atoms. The number of nitrogens with zero attached hydrogens (tertiary/aromatic N) is 1. The van der Waals surface area contributed by atoms with E-state index in [1.807, 2.05) is 32.0 Å². The van der Waals surface area contributed by atoms with Gasteiger partial charge in [0.25, 0.3) is 0 Å². The normalized spacial score (nSPS) is 14.3. The summed E-state index contributed by atoms with van der Waals surface area (Å²) in [6, 6.07) is 10.2. The fourth-order valence-electron chi connectivity index (χ4n) is 3.52. The van der Waals surface area contributed by atoms with Gasteiger partial charge in [-0.1, -0.05) is 42.3 Å². The second-order valence-corrected chi connectivity index (χ2v) is 9.07. The Hall–Kier alpha value is -2.44. The number of ether oxygens (including phenoxy) is 2. The summed E-state index contributed by atoms with van der Waals surface area (Å²) in [6.45, 7) is 6.93. The second kappa shape index (κ2) is 11.6. The van der Waals surface area contributed by atoms with E-state index >= 15 is 0 Å².